The van der Waals surface area contributed by atoms with E-state index in [1.807, 2.05) is 20.8 Å². The van der Waals surface area contributed by atoms with Crippen LogP contribution < -0.4 is 15.0 Å². The number of ether oxygens (including phenoxy) is 1. The van der Waals surface area contributed by atoms with E-state index in [9.17, 15) is 18.8 Å². The minimum Gasteiger partial charge on any atom is -0.494 e. The van der Waals surface area contributed by atoms with Gasteiger partial charge in [0.05, 0.1) is 18.7 Å². The summed E-state index contributed by atoms with van der Waals surface area (Å²) in [4.78, 5) is 41.5. The number of urea groups is 1. The summed E-state index contributed by atoms with van der Waals surface area (Å²) in [5.74, 6) is -0.304. The average molecular weight is 456 g/mol. The van der Waals surface area contributed by atoms with Crippen molar-refractivity contribution in [1.29, 1.82) is 0 Å². The molecule has 0 aromatic heterocycles. The topological polar surface area (TPSA) is 79.0 Å². The Hall–Kier alpha value is -3.42. The Morgan fingerprint density at radius 3 is 2.36 bits per heavy atom. The zero-order valence-corrected chi connectivity index (χ0v) is 19.2. The number of hydrogen-bond donors (Lipinski definition) is 1. The molecule has 1 aliphatic heterocycles. The van der Waals surface area contributed by atoms with Crippen molar-refractivity contribution in [3.63, 3.8) is 0 Å². The molecule has 1 atom stereocenters. The molecular weight excluding hydrogens is 425 g/mol. The minimum absolute atomic E-state index is 0.172. The van der Waals surface area contributed by atoms with Gasteiger partial charge in [-0.2, -0.15) is 0 Å². The number of carbonyl (C=O) groups is 3. The molecule has 0 saturated carbocycles. The first kappa shape index (κ1) is 24.2. The van der Waals surface area contributed by atoms with Gasteiger partial charge in [0.1, 0.15) is 17.6 Å². The summed E-state index contributed by atoms with van der Waals surface area (Å²) in [6, 6.07) is 10.7. The predicted octanol–water partition coefficient (Wildman–Crippen LogP) is 4.83. The monoisotopic (exact) mass is 455 g/mol. The SMILES string of the molecule is CCCOc1ccc(NC(=O)C[C@H]2C(=O)N(c3ccc(F)cc3)C(=O)N2CCC(C)C)cc1. The summed E-state index contributed by atoms with van der Waals surface area (Å²) in [7, 11) is 0. The maximum Gasteiger partial charge on any atom is 0.332 e. The summed E-state index contributed by atoms with van der Waals surface area (Å²) >= 11 is 0. The van der Waals surface area contributed by atoms with E-state index >= 15 is 0 Å². The number of nitrogens with zero attached hydrogens (tertiary/aromatic N) is 2. The van der Waals surface area contributed by atoms with Crippen LogP contribution in [0.2, 0.25) is 0 Å². The molecule has 0 bridgehead atoms. The lowest BCUT2D eigenvalue weighted by molar-refractivity contribution is -0.124. The molecule has 0 radical (unpaired) electrons. The Kier molecular flexibility index (Phi) is 8.03. The molecule has 1 heterocycles. The maximum absolute atomic E-state index is 13.3. The van der Waals surface area contributed by atoms with E-state index in [-0.39, 0.29) is 18.0 Å². The van der Waals surface area contributed by atoms with Gasteiger partial charge in [-0.3, -0.25) is 9.59 Å². The summed E-state index contributed by atoms with van der Waals surface area (Å²) in [6.45, 7) is 7.03. The van der Waals surface area contributed by atoms with E-state index in [0.29, 0.717) is 36.9 Å². The van der Waals surface area contributed by atoms with E-state index in [4.69, 9.17) is 4.74 Å². The van der Waals surface area contributed by atoms with Crippen LogP contribution >= 0.6 is 0 Å². The fraction of sp³-hybridized carbons (Fsp3) is 0.400. The van der Waals surface area contributed by atoms with Gasteiger partial charge < -0.3 is 15.0 Å². The van der Waals surface area contributed by atoms with E-state index < -0.39 is 23.8 Å². The van der Waals surface area contributed by atoms with Crippen molar-refractivity contribution in [3.8, 4) is 5.75 Å². The van der Waals surface area contributed by atoms with Crippen LogP contribution in [-0.2, 0) is 9.59 Å². The van der Waals surface area contributed by atoms with Crippen molar-refractivity contribution in [1.82, 2.24) is 4.90 Å². The highest BCUT2D eigenvalue weighted by atomic mass is 19.1. The zero-order chi connectivity index (χ0) is 24.0. The second kappa shape index (κ2) is 10.9. The third-order valence-electron chi connectivity index (χ3n) is 5.34. The lowest BCUT2D eigenvalue weighted by Gasteiger charge is -2.22. The highest BCUT2D eigenvalue weighted by Crippen LogP contribution is 2.28. The molecule has 2 aromatic rings. The van der Waals surface area contributed by atoms with Crippen molar-refractivity contribution in [2.45, 2.75) is 46.1 Å². The number of amides is 4. The first-order chi connectivity index (χ1) is 15.8. The number of halogens is 1. The molecular formula is C25H30FN3O4. The Morgan fingerprint density at radius 1 is 1.09 bits per heavy atom. The van der Waals surface area contributed by atoms with Crippen molar-refractivity contribution < 1.29 is 23.5 Å². The number of imide groups is 1. The first-order valence-corrected chi connectivity index (χ1v) is 11.2. The maximum atomic E-state index is 13.3. The molecule has 1 aliphatic rings. The molecule has 2 aromatic carbocycles. The molecule has 8 heteroatoms. The van der Waals surface area contributed by atoms with Crippen LogP contribution in [0, 0.1) is 11.7 Å². The molecule has 4 amide bonds. The van der Waals surface area contributed by atoms with Gasteiger partial charge >= 0.3 is 6.03 Å². The van der Waals surface area contributed by atoms with Gasteiger partial charge in [0, 0.05) is 12.2 Å². The molecule has 1 N–H and O–H groups in total. The fourth-order valence-corrected chi connectivity index (χ4v) is 3.55. The number of carbonyl (C=O) groups excluding carboxylic acids is 3. The van der Waals surface area contributed by atoms with Crippen molar-refractivity contribution >= 4 is 29.2 Å². The summed E-state index contributed by atoms with van der Waals surface area (Å²) < 4.78 is 18.9. The van der Waals surface area contributed by atoms with Gasteiger partial charge in [-0.1, -0.05) is 20.8 Å². The summed E-state index contributed by atoms with van der Waals surface area (Å²) in [5.41, 5.74) is 0.858. The standard InChI is InChI=1S/C25H30FN3O4/c1-4-15-33-21-11-7-19(8-12-21)27-23(30)16-22-24(31)29(20-9-5-18(26)6-10-20)25(32)28(22)14-13-17(2)3/h5-12,17,22H,4,13-16H2,1-3H3,(H,27,30)/t22-/m0/s1. The molecule has 0 unspecified atom stereocenters. The highest BCUT2D eigenvalue weighted by molar-refractivity contribution is 6.22. The molecule has 176 valence electrons. The van der Waals surface area contributed by atoms with Gasteiger partial charge in [-0.05, 0) is 67.3 Å². The van der Waals surface area contributed by atoms with Crippen LogP contribution in [0.4, 0.5) is 20.6 Å². The minimum atomic E-state index is -0.923. The lowest BCUT2D eigenvalue weighted by Crippen LogP contribution is -2.39. The van der Waals surface area contributed by atoms with Crippen LogP contribution in [0.1, 0.15) is 40.0 Å². The molecule has 0 aliphatic carbocycles. The molecule has 1 fully saturated rings. The largest absolute Gasteiger partial charge is 0.494 e. The Labute approximate surface area is 193 Å². The molecule has 7 nitrogen and oxygen atoms in total. The van der Waals surface area contributed by atoms with E-state index in [1.165, 1.54) is 29.2 Å². The number of benzene rings is 2. The van der Waals surface area contributed by atoms with E-state index in [1.54, 1.807) is 24.3 Å². The molecule has 33 heavy (non-hydrogen) atoms. The third-order valence-corrected chi connectivity index (χ3v) is 5.34. The van der Waals surface area contributed by atoms with E-state index in [0.717, 1.165) is 11.3 Å². The third kappa shape index (κ3) is 6.09. The van der Waals surface area contributed by atoms with Gasteiger partial charge in [0.2, 0.25) is 5.91 Å². The van der Waals surface area contributed by atoms with Crippen LogP contribution in [0.25, 0.3) is 0 Å². The quantitative estimate of drug-likeness (QED) is 0.521. The van der Waals surface area contributed by atoms with Crippen LogP contribution in [0.15, 0.2) is 48.5 Å². The summed E-state index contributed by atoms with van der Waals surface area (Å²) in [5, 5.41) is 2.78. The average Bonchev–Trinajstić information content (AvgIpc) is 3.01. The van der Waals surface area contributed by atoms with Crippen molar-refractivity contribution in [2.24, 2.45) is 5.92 Å². The van der Waals surface area contributed by atoms with Gasteiger partial charge in [0.15, 0.2) is 0 Å². The van der Waals surface area contributed by atoms with Crippen molar-refractivity contribution in [3.05, 3.63) is 54.3 Å². The second-order valence-corrected chi connectivity index (χ2v) is 8.45. The van der Waals surface area contributed by atoms with Gasteiger partial charge in [0.25, 0.3) is 5.91 Å². The van der Waals surface area contributed by atoms with Crippen molar-refractivity contribution in [2.75, 3.05) is 23.4 Å². The number of hydrogen-bond acceptors (Lipinski definition) is 4. The van der Waals surface area contributed by atoms with Crippen LogP contribution in [-0.4, -0.2) is 41.9 Å². The Morgan fingerprint density at radius 2 is 1.76 bits per heavy atom. The van der Waals surface area contributed by atoms with E-state index in [2.05, 4.69) is 5.32 Å². The summed E-state index contributed by atoms with van der Waals surface area (Å²) in [6.07, 6.45) is 1.41. The van der Waals surface area contributed by atoms with Gasteiger partial charge in [-0.15, -0.1) is 0 Å². The molecule has 0 spiro atoms. The molecule has 1 saturated heterocycles. The predicted molar refractivity (Wildman–Crippen MR) is 125 cm³/mol. The van der Waals surface area contributed by atoms with Crippen LogP contribution in [0.3, 0.4) is 0 Å². The number of rotatable bonds is 10. The smallest absolute Gasteiger partial charge is 0.332 e. The van der Waals surface area contributed by atoms with Crippen LogP contribution in [0.5, 0.6) is 5.75 Å². The fourth-order valence-electron chi connectivity index (χ4n) is 3.55. The number of anilines is 2. The Bertz CT molecular complexity index is 976. The lowest BCUT2D eigenvalue weighted by atomic mass is 10.1. The first-order valence-electron chi connectivity index (χ1n) is 11.2. The highest BCUT2D eigenvalue weighted by Gasteiger charge is 2.46. The normalized spacial score (nSPS) is 16.0. The second-order valence-electron chi connectivity index (χ2n) is 8.45. The number of nitrogens with one attached hydrogen (secondary N) is 1. The molecule has 3 rings (SSSR count). The zero-order valence-electron chi connectivity index (χ0n) is 19.2. The van der Waals surface area contributed by atoms with Gasteiger partial charge in [-0.25, -0.2) is 14.1 Å². The Balaban J connectivity index is 1.73.